The summed E-state index contributed by atoms with van der Waals surface area (Å²) in [4.78, 5) is 24.3. The number of piperidine rings is 1. The molecule has 0 saturated carbocycles. The molecule has 0 aliphatic carbocycles. The van der Waals surface area contributed by atoms with Crippen molar-refractivity contribution in [2.45, 2.75) is 19.8 Å². The minimum Gasteiger partial charge on any atom is -0.337 e. The summed E-state index contributed by atoms with van der Waals surface area (Å²) in [5.41, 5.74) is 1.03. The number of carbonyl (C=O) groups excluding carboxylic acids is 1. The molecule has 0 radical (unpaired) electrons. The first kappa shape index (κ1) is 14.0. The summed E-state index contributed by atoms with van der Waals surface area (Å²) in [5, 5.41) is 19.6. The van der Waals surface area contributed by atoms with Gasteiger partial charge in [-0.3, -0.25) is 14.9 Å². The predicted molar refractivity (Wildman–Crippen MR) is 72.1 cm³/mol. The van der Waals surface area contributed by atoms with Crippen molar-refractivity contribution < 1.29 is 9.72 Å². The normalized spacial score (nSPS) is 18.4. The molecule has 1 aromatic carbocycles. The summed E-state index contributed by atoms with van der Waals surface area (Å²) in [6, 6.07) is 6.43. The Bertz CT molecular complexity index is 592. The molecule has 1 fully saturated rings. The van der Waals surface area contributed by atoms with Crippen molar-refractivity contribution in [1.29, 1.82) is 5.26 Å². The summed E-state index contributed by atoms with van der Waals surface area (Å²) >= 11 is 0. The van der Waals surface area contributed by atoms with E-state index in [2.05, 4.69) is 6.07 Å². The number of nitrogens with zero attached hydrogens (tertiary/aromatic N) is 3. The van der Waals surface area contributed by atoms with Gasteiger partial charge in [0, 0.05) is 30.8 Å². The van der Waals surface area contributed by atoms with Gasteiger partial charge >= 0.3 is 0 Å². The van der Waals surface area contributed by atoms with Gasteiger partial charge in [-0.25, -0.2) is 0 Å². The molecule has 20 heavy (non-hydrogen) atoms. The summed E-state index contributed by atoms with van der Waals surface area (Å²) < 4.78 is 0. The molecule has 1 aromatic rings. The fourth-order valence-corrected chi connectivity index (χ4v) is 2.44. The van der Waals surface area contributed by atoms with Crippen LogP contribution < -0.4 is 0 Å². The molecule has 0 N–H and O–H groups in total. The Morgan fingerprint density at radius 2 is 2.30 bits per heavy atom. The number of nitro groups is 1. The molecule has 2 rings (SSSR count). The van der Waals surface area contributed by atoms with Crippen molar-refractivity contribution in [1.82, 2.24) is 4.90 Å². The lowest BCUT2D eigenvalue weighted by molar-refractivity contribution is -0.384. The predicted octanol–water partition coefficient (Wildman–Crippen LogP) is 2.28. The van der Waals surface area contributed by atoms with Crippen molar-refractivity contribution in [2.24, 2.45) is 5.92 Å². The van der Waals surface area contributed by atoms with Gasteiger partial charge in [-0.15, -0.1) is 0 Å². The number of likely N-dealkylation sites (tertiary alicyclic amines) is 1. The number of rotatable bonds is 2. The van der Waals surface area contributed by atoms with Crippen LogP contribution >= 0.6 is 0 Å². The van der Waals surface area contributed by atoms with Gasteiger partial charge < -0.3 is 4.90 Å². The maximum absolute atomic E-state index is 12.4. The molecule has 1 heterocycles. The summed E-state index contributed by atoms with van der Waals surface area (Å²) in [7, 11) is 0. The van der Waals surface area contributed by atoms with E-state index in [1.54, 1.807) is 11.8 Å². The Balaban J connectivity index is 2.21. The smallest absolute Gasteiger partial charge is 0.269 e. The lowest BCUT2D eigenvalue weighted by Crippen LogP contribution is -2.39. The molecule has 1 aliphatic rings. The van der Waals surface area contributed by atoms with Gasteiger partial charge in [0.1, 0.15) is 0 Å². The zero-order valence-corrected chi connectivity index (χ0v) is 11.2. The van der Waals surface area contributed by atoms with Crippen LogP contribution in [-0.2, 0) is 0 Å². The second kappa shape index (κ2) is 5.70. The van der Waals surface area contributed by atoms with Gasteiger partial charge in [-0.2, -0.15) is 5.26 Å². The van der Waals surface area contributed by atoms with E-state index < -0.39 is 4.92 Å². The van der Waals surface area contributed by atoms with Crippen LogP contribution in [0.1, 0.15) is 28.8 Å². The van der Waals surface area contributed by atoms with Crippen LogP contribution in [0.2, 0.25) is 0 Å². The fraction of sp³-hybridized carbons (Fsp3) is 0.429. The molecule has 1 aliphatic heterocycles. The number of hydrogen-bond donors (Lipinski definition) is 0. The van der Waals surface area contributed by atoms with Crippen LogP contribution in [0.25, 0.3) is 0 Å². The van der Waals surface area contributed by atoms with E-state index in [4.69, 9.17) is 5.26 Å². The molecule has 6 heteroatoms. The van der Waals surface area contributed by atoms with E-state index in [0.29, 0.717) is 24.2 Å². The van der Waals surface area contributed by atoms with E-state index in [1.165, 1.54) is 18.2 Å². The highest BCUT2D eigenvalue weighted by molar-refractivity contribution is 5.96. The van der Waals surface area contributed by atoms with Crippen LogP contribution in [0, 0.1) is 34.3 Å². The third-order valence-corrected chi connectivity index (χ3v) is 3.54. The zero-order chi connectivity index (χ0) is 14.7. The largest absolute Gasteiger partial charge is 0.337 e. The van der Waals surface area contributed by atoms with E-state index in [1.807, 2.05) is 0 Å². The summed E-state index contributed by atoms with van der Waals surface area (Å²) in [6.07, 6.45) is 1.63. The molecule has 104 valence electrons. The van der Waals surface area contributed by atoms with Crippen molar-refractivity contribution >= 4 is 11.6 Å². The minimum absolute atomic E-state index is 0.0207. The van der Waals surface area contributed by atoms with E-state index in [-0.39, 0.29) is 17.5 Å². The van der Waals surface area contributed by atoms with Gasteiger partial charge in [0.15, 0.2) is 0 Å². The van der Waals surface area contributed by atoms with Crippen LogP contribution in [-0.4, -0.2) is 28.8 Å². The quantitative estimate of drug-likeness (QED) is 0.611. The summed E-state index contributed by atoms with van der Waals surface area (Å²) in [6.45, 7) is 2.76. The van der Waals surface area contributed by atoms with Crippen LogP contribution in [0.4, 0.5) is 5.69 Å². The zero-order valence-electron chi connectivity index (χ0n) is 11.2. The van der Waals surface area contributed by atoms with Crippen LogP contribution in [0.3, 0.4) is 0 Å². The van der Waals surface area contributed by atoms with E-state index >= 15 is 0 Å². The Morgan fingerprint density at radius 3 is 2.90 bits per heavy atom. The molecule has 0 spiro atoms. The molecular formula is C14H15N3O3. The highest BCUT2D eigenvalue weighted by Crippen LogP contribution is 2.22. The minimum atomic E-state index is -0.478. The lowest BCUT2D eigenvalue weighted by atomic mass is 9.98. The first-order valence-corrected chi connectivity index (χ1v) is 6.47. The standard InChI is InChI=1S/C14H15N3O3/c1-10-7-12(17(19)20)4-5-13(10)14(18)16-6-2-3-11(8-15)9-16/h4-5,7,11H,2-3,6,9H2,1H3. The Labute approximate surface area is 116 Å². The molecule has 1 amide bonds. The third kappa shape index (κ3) is 2.77. The second-order valence-electron chi connectivity index (χ2n) is 4.98. The van der Waals surface area contributed by atoms with Crippen molar-refractivity contribution in [3.63, 3.8) is 0 Å². The number of non-ortho nitro benzene ring substituents is 1. The third-order valence-electron chi connectivity index (χ3n) is 3.54. The van der Waals surface area contributed by atoms with Gasteiger partial charge in [0.05, 0.1) is 16.9 Å². The Hall–Kier alpha value is -2.42. The van der Waals surface area contributed by atoms with Gasteiger partial charge in [0.2, 0.25) is 0 Å². The Kier molecular flexibility index (Phi) is 3.99. The van der Waals surface area contributed by atoms with E-state index in [9.17, 15) is 14.9 Å². The number of hydrogen-bond acceptors (Lipinski definition) is 4. The monoisotopic (exact) mass is 273 g/mol. The average molecular weight is 273 g/mol. The molecular weight excluding hydrogens is 258 g/mol. The number of nitriles is 1. The molecule has 0 aromatic heterocycles. The maximum atomic E-state index is 12.4. The van der Waals surface area contributed by atoms with Crippen molar-refractivity contribution in [2.75, 3.05) is 13.1 Å². The van der Waals surface area contributed by atoms with Gasteiger partial charge in [0.25, 0.3) is 11.6 Å². The molecule has 1 saturated heterocycles. The molecule has 6 nitrogen and oxygen atoms in total. The van der Waals surface area contributed by atoms with Crippen molar-refractivity contribution in [3.05, 3.63) is 39.4 Å². The highest BCUT2D eigenvalue weighted by Gasteiger charge is 2.25. The number of benzene rings is 1. The molecule has 1 unspecified atom stereocenters. The van der Waals surface area contributed by atoms with Crippen LogP contribution in [0.15, 0.2) is 18.2 Å². The SMILES string of the molecule is Cc1cc([N+](=O)[O-])ccc1C(=O)N1CCCC(C#N)C1. The number of carbonyl (C=O) groups is 1. The number of amides is 1. The molecule has 0 bridgehead atoms. The van der Waals surface area contributed by atoms with Crippen molar-refractivity contribution in [3.8, 4) is 6.07 Å². The number of aryl methyl sites for hydroxylation is 1. The van der Waals surface area contributed by atoms with E-state index in [0.717, 1.165) is 12.8 Å². The number of nitro benzene ring substituents is 1. The summed E-state index contributed by atoms with van der Waals surface area (Å²) in [5.74, 6) is -0.275. The topological polar surface area (TPSA) is 87.2 Å². The lowest BCUT2D eigenvalue weighted by Gasteiger charge is -2.30. The Morgan fingerprint density at radius 1 is 1.55 bits per heavy atom. The fourth-order valence-electron chi connectivity index (χ4n) is 2.44. The maximum Gasteiger partial charge on any atom is 0.269 e. The highest BCUT2D eigenvalue weighted by atomic mass is 16.6. The van der Waals surface area contributed by atoms with Gasteiger partial charge in [-0.05, 0) is 31.4 Å². The first-order valence-electron chi connectivity index (χ1n) is 6.47. The second-order valence-corrected chi connectivity index (χ2v) is 4.98. The average Bonchev–Trinajstić information content (AvgIpc) is 2.46. The van der Waals surface area contributed by atoms with Gasteiger partial charge in [-0.1, -0.05) is 0 Å². The van der Waals surface area contributed by atoms with Crippen LogP contribution in [0.5, 0.6) is 0 Å². The molecule has 1 atom stereocenters. The first-order chi connectivity index (χ1) is 9.52.